The van der Waals surface area contributed by atoms with Crippen LogP contribution in [0.15, 0.2) is 54.0 Å². The van der Waals surface area contributed by atoms with Crippen molar-refractivity contribution in [1.82, 2.24) is 4.90 Å². The normalized spacial score (nSPS) is 22.1. The first-order valence-corrected chi connectivity index (χ1v) is 13.4. The van der Waals surface area contributed by atoms with E-state index in [0.29, 0.717) is 48.8 Å². The van der Waals surface area contributed by atoms with Gasteiger partial charge in [0.2, 0.25) is 0 Å². The summed E-state index contributed by atoms with van der Waals surface area (Å²) in [7, 11) is 0. The molecule has 0 spiro atoms. The van der Waals surface area contributed by atoms with Crippen LogP contribution >= 0.6 is 11.6 Å². The highest BCUT2D eigenvalue weighted by atomic mass is 35.5. The Morgan fingerprint density at radius 3 is 2.34 bits per heavy atom. The number of halogens is 2. The van der Waals surface area contributed by atoms with E-state index in [0.717, 1.165) is 37.7 Å². The summed E-state index contributed by atoms with van der Waals surface area (Å²) in [5.74, 6) is -0.129. The molecule has 0 aromatic heterocycles. The molecule has 5 rings (SSSR count). The van der Waals surface area contributed by atoms with Crippen molar-refractivity contribution in [2.75, 3.05) is 36.0 Å². The highest BCUT2D eigenvalue weighted by molar-refractivity contribution is 6.32. The zero-order valence-corrected chi connectivity index (χ0v) is 21.9. The minimum absolute atomic E-state index is 0.0598. The number of benzene rings is 2. The Morgan fingerprint density at radius 1 is 1.03 bits per heavy atom. The van der Waals surface area contributed by atoms with Crippen LogP contribution in [0.2, 0.25) is 5.02 Å². The molecule has 202 valence electrons. The largest absolute Gasteiger partial charge is 0.506 e. The minimum atomic E-state index is -0.240. The molecule has 8 nitrogen and oxygen atoms in total. The highest BCUT2D eigenvalue weighted by Gasteiger charge is 2.41. The van der Waals surface area contributed by atoms with E-state index in [9.17, 15) is 14.3 Å². The number of nitrogens with two attached hydrogens (primary N) is 3. The van der Waals surface area contributed by atoms with Gasteiger partial charge in [-0.25, -0.2) is 4.39 Å². The molecule has 0 amide bonds. The van der Waals surface area contributed by atoms with Crippen molar-refractivity contribution in [2.24, 2.45) is 23.1 Å². The number of para-hydroxylation sites is 1. The number of aldehydes is 1. The van der Waals surface area contributed by atoms with E-state index in [1.165, 1.54) is 0 Å². The van der Waals surface area contributed by atoms with Crippen molar-refractivity contribution >= 4 is 35.0 Å². The van der Waals surface area contributed by atoms with Crippen LogP contribution in [0.4, 0.5) is 15.8 Å². The van der Waals surface area contributed by atoms with Crippen molar-refractivity contribution < 1.29 is 14.3 Å². The number of carbonyl (C=O) groups is 1. The van der Waals surface area contributed by atoms with E-state index < -0.39 is 0 Å². The summed E-state index contributed by atoms with van der Waals surface area (Å²) < 4.78 is 14.9. The molecular formula is C28H34ClFN6O2. The lowest BCUT2D eigenvalue weighted by Crippen LogP contribution is -2.54. The highest BCUT2D eigenvalue weighted by Crippen LogP contribution is 2.39. The molecule has 3 heterocycles. The molecule has 2 aromatic carbocycles. The van der Waals surface area contributed by atoms with Crippen LogP contribution in [0.3, 0.4) is 0 Å². The van der Waals surface area contributed by atoms with E-state index in [1.54, 1.807) is 30.3 Å². The first-order chi connectivity index (χ1) is 18.3. The molecule has 7 N–H and O–H groups in total. The van der Waals surface area contributed by atoms with Gasteiger partial charge in [-0.05, 0) is 62.1 Å². The Bertz CT molecular complexity index is 1260. The van der Waals surface area contributed by atoms with Crippen molar-refractivity contribution in [3.05, 3.63) is 70.4 Å². The number of likely N-dealkylation sites (tertiary alicyclic amines) is 1. The SMILES string of the molecule is NC(N)=C(/C=C(\N)c1cccc(Cl)c1O)N1CC2CCC(C1)N2c1ccc(F)c(N2CCC(C=O)CC2)c1. The summed E-state index contributed by atoms with van der Waals surface area (Å²) in [4.78, 5) is 17.7. The second kappa shape index (κ2) is 10.6. The molecule has 0 aliphatic carbocycles. The first-order valence-electron chi connectivity index (χ1n) is 13.0. The smallest absolute Gasteiger partial charge is 0.146 e. The van der Waals surface area contributed by atoms with Gasteiger partial charge in [-0.1, -0.05) is 17.7 Å². The molecule has 2 unspecified atom stereocenters. The second-order valence-corrected chi connectivity index (χ2v) is 10.8. The first kappa shape index (κ1) is 26.0. The number of carbonyl (C=O) groups excluding carboxylic acids is 1. The van der Waals surface area contributed by atoms with Crippen LogP contribution in [0.25, 0.3) is 5.70 Å². The number of hydrogen-bond donors (Lipinski definition) is 4. The molecular weight excluding hydrogens is 507 g/mol. The summed E-state index contributed by atoms with van der Waals surface area (Å²) in [5, 5.41) is 10.6. The van der Waals surface area contributed by atoms with Crippen molar-refractivity contribution in [1.29, 1.82) is 0 Å². The molecule has 3 aliphatic heterocycles. The maximum absolute atomic E-state index is 14.9. The third-order valence-corrected chi connectivity index (χ3v) is 8.31. The third kappa shape index (κ3) is 4.95. The Labute approximate surface area is 227 Å². The molecule has 0 radical (unpaired) electrons. The van der Waals surface area contributed by atoms with Crippen LogP contribution in [0.1, 0.15) is 31.2 Å². The minimum Gasteiger partial charge on any atom is -0.506 e. The number of aromatic hydroxyl groups is 1. The van der Waals surface area contributed by atoms with Crippen LogP contribution in [0, 0.1) is 11.7 Å². The summed E-state index contributed by atoms with van der Waals surface area (Å²) >= 11 is 6.06. The standard InChI is InChI=1S/C28H34ClFN6O2/c29-22-3-1-2-21(27(22)38)24(31)13-26(28(32)33)35-14-19-4-5-20(15-35)36(19)18-6-7-23(30)25(12-18)34-10-8-17(16-37)9-11-34/h1-3,6-7,12-13,16-17,19-20,38H,4-5,8-11,14-15,31-33H2/b24-13-. The van der Waals surface area contributed by atoms with Gasteiger partial charge < -0.3 is 41.8 Å². The monoisotopic (exact) mass is 540 g/mol. The van der Waals surface area contributed by atoms with Gasteiger partial charge in [0.25, 0.3) is 0 Å². The molecule has 2 atom stereocenters. The van der Waals surface area contributed by atoms with Crippen molar-refractivity contribution in [2.45, 2.75) is 37.8 Å². The van der Waals surface area contributed by atoms with Gasteiger partial charge in [0.05, 0.1) is 16.4 Å². The number of allylic oxidation sites excluding steroid dienone is 1. The van der Waals surface area contributed by atoms with E-state index in [4.69, 9.17) is 28.8 Å². The Morgan fingerprint density at radius 2 is 1.71 bits per heavy atom. The van der Waals surface area contributed by atoms with Crippen molar-refractivity contribution in [3.63, 3.8) is 0 Å². The van der Waals surface area contributed by atoms with E-state index >= 15 is 0 Å². The van der Waals surface area contributed by atoms with Gasteiger partial charge in [-0.15, -0.1) is 0 Å². The molecule has 0 saturated carbocycles. The Hall–Kier alpha value is -3.59. The molecule has 3 saturated heterocycles. The van der Waals surface area contributed by atoms with E-state index in [-0.39, 0.29) is 40.4 Å². The lowest BCUT2D eigenvalue weighted by molar-refractivity contribution is -0.111. The summed E-state index contributed by atoms with van der Waals surface area (Å²) in [5.41, 5.74) is 21.5. The Kier molecular flexibility index (Phi) is 7.29. The average molecular weight is 541 g/mol. The van der Waals surface area contributed by atoms with Gasteiger partial charge in [-0.2, -0.15) is 0 Å². The predicted octanol–water partition coefficient (Wildman–Crippen LogP) is 3.34. The summed E-state index contributed by atoms with van der Waals surface area (Å²) in [6.07, 6.45) is 6.18. The maximum Gasteiger partial charge on any atom is 0.146 e. The lowest BCUT2D eigenvalue weighted by Gasteiger charge is -2.44. The molecule has 10 heteroatoms. The third-order valence-electron chi connectivity index (χ3n) is 8.01. The predicted molar refractivity (Wildman–Crippen MR) is 149 cm³/mol. The number of hydrogen-bond acceptors (Lipinski definition) is 8. The zero-order valence-electron chi connectivity index (χ0n) is 21.2. The number of piperazine rings is 1. The Balaban J connectivity index is 1.36. The maximum atomic E-state index is 14.9. The fourth-order valence-electron chi connectivity index (χ4n) is 6.03. The molecule has 3 fully saturated rings. The van der Waals surface area contributed by atoms with E-state index in [2.05, 4.69) is 9.80 Å². The van der Waals surface area contributed by atoms with Gasteiger partial charge in [0.15, 0.2) is 0 Å². The van der Waals surface area contributed by atoms with Crippen LogP contribution in [0.5, 0.6) is 5.75 Å². The molecule has 3 aliphatic rings. The number of fused-ring (bicyclic) bond motifs is 2. The van der Waals surface area contributed by atoms with Gasteiger partial charge >= 0.3 is 0 Å². The number of nitrogens with zero attached hydrogens (tertiary/aromatic N) is 3. The quantitative estimate of drug-likeness (QED) is 0.325. The topological polar surface area (TPSA) is 125 Å². The van der Waals surface area contributed by atoms with Gasteiger partial charge in [-0.3, -0.25) is 0 Å². The zero-order chi connectivity index (χ0) is 27.0. The molecule has 38 heavy (non-hydrogen) atoms. The summed E-state index contributed by atoms with van der Waals surface area (Å²) in [6, 6.07) is 10.7. The number of rotatable bonds is 6. The molecule has 2 aromatic rings. The number of piperidine rings is 1. The van der Waals surface area contributed by atoms with Crippen LogP contribution < -0.4 is 27.0 Å². The van der Waals surface area contributed by atoms with Crippen LogP contribution in [-0.4, -0.2) is 54.6 Å². The van der Waals surface area contributed by atoms with Crippen LogP contribution in [-0.2, 0) is 4.79 Å². The van der Waals surface area contributed by atoms with Gasteiger partial charge in [0, 0.05) is 61.1 Å². The van der Waals surface area contributed by atoms with Gasteiger partial charge in [0.1, 0.15) is 23.7 Å². The number of phenols is 1. The fourth-order valence-corrected chi connectivity index (χ4v) is 6.21. The fraction of sp³-hybridized carbons (Fsp3) is 0.393. The lowest BCUT2D eigenvalue weighted by atomic mass is 9.98. The molecule has 2 bridgehead atoms. The summed E-state index contributed by atoms with van der Waals surface area (Å²) in [6.45, 7) is 2.69. The number of phenolic OH excluding ortho intramolecular Hbond substituents is 1. The van der Waals surface area contributed by atoms with E-state index in [1.807, 2.05) is 17.0 Å². The second-order valence-electron chi connectivity index (χ2n) is 10.4. The van der Waals surface area contributed by atoms with Crippen molar-refractivity contribution in [3.8, 4) is 5.75 Å². The number of anilines is 2. The average Bonchev–Trinajstić information content (AvgIpc) is 3.17.